The predicted octanol–water partition coefficient (Wildman–Crippen LogP) is 2.70. The van der Waals surface area contributed by atoms with Gasteiger partial charge in [-0.3, -0.25) is 9.89 Å². The van der Waals surface area contributed by atoms with Crippen molar-refractivity contribution in [1.29, 1.82) is 0 Å². The van der Waals surface area contributed by atoms with Crippen LogP contribution in [0.1, 0.15) is 32.9 Å². The van der Waals surface area contributed by atoms with Crippen LogP contribution in [0.2, 0.25) is 0 Å². The minimum Gasteiger partial charge on any atom is -0.332 e. The molecule has 0 saturated carbocycles. The van der Waals surface area contributed by atoms with Gasteiger partial charge in [0.05, 0.1) is 5.56 Å². The Labute approximate surface area is 173 Å². The number of benzene rings is 1. The molecule has 160 valence electrons. The van der Waals surface area contributed by atoms with Crippen molar-refractivity contribution in [1.82, 2.24) is 25.3 Å². The van der Waals surface area contributed by atoms with E-state index in [2.05, 4.69) is 15.5 Å². The predicted molar refractivity (Wildman–Crippen MR) is 106 cm³/mol. The Morgan fingerprint density at radius 1 is 1.17 bits per heavy atom. The maximum absolute atomic E-state index is 13.1. The number of nitrogens with zero attached hydrogens (tertiary/aromatic N) is 3. The zero-order valence-corrected chi connectivity index (χ0v) is 17.2. The molecule has 29 heavy (non-hydrogen) atoms. The van der Waals surface area contributed by atoms with Crippen LogP contribution in [-0.4, -0.2) is 59.6 Å². The zero-order chi connectivity index (χ0) is 20.3. The van der Waals surface area contributed by atoms with E-state index in [-0.39, 0.29) is 24.9 Å². The first-order valence-corrected chi connectivity index (χ1v) is 9.12. The number of rotatable bonds is 6. The highest BCUT2D eigenvalue weighted by Gasteiger charge is 2.30. The Balaban J connectivity index is 0.00000300. The summed E-state index contributed by atoms with van der Waals surface area (Å²) in [7, 11) is 3.81. The summed E-state index contributed by atoms with van der Waals surface area (Å²) in [5, 5.41) is 10.4. The molecule has 2 N–H and O–H groups in total. The highest BCUT2D eigenvalue weighted by molar-refractivity contribution is 5.94. The minimum absolute atomic E-state index is 0. The number of carbonyl (C=O) groups is 1. The highest BCUT2D eigenvalue weighted by atomic mass is 35.5. The SMILES string of the molecule is CN(C)CCN(Cc1ccc(C(F)(F)F)cc1)C(=O)c1n[nH]c2c1CNCC2.Cl. The van der Waals surface area contributed by atoms with Gasteiger partial charge in [0, 0.05) is 50.4 Å². The van der Waals surface area contributed by atoms with Gasteiger partial charge in [0.2, 0.25) is 0 Å². The van der Waals surface area contributed by atoms with Crippen molar-refractivity contribution in [2.75, 3.05) is 33.7 Å². The van der Waals surface area contributed by atoms with E-state index in [0.717, 1.165) is 36.4 Å². The normalized spacial score (nSPS) is 13.7. The van der Waals surface area contributed by atoms with Gasteiger partial charge in [0.1, 0.15) is 0 Å². The third-order valence-electron chi connectivity index (χ3n) is 4.77. The van der Waals surface area contributed by atoms with E-state index in [4.69, 9.17) is 0 Å². The average molecular weight is 432 g/mol. The molecule has 1 aromatic heterocycles. The van der Waals surface area contributed by atoms with Crippen molar-refractivity contribution < 1.29 is 18.0 Å². The Morgan fingerprint density at radius 3 is 2.48 bits per heavy atom. The van der Waals surface area contributed by atoms with Crippen LogP contribution in [0.3, 0.4) is 0 Å². The number of halogens is 4. The second-order valence-corrected chi connectivity index (χ2v) is 7.18. The Hall–Kier alpha value is -2.10. The van der Waals surface area contributed by atoms with Crippen molar-refractivity contribution in [3.63, 3.8) is 0 Å². The molecular formula is C19H25ClF3N5O. The first-order valence-electron chi connectivity index (χ1n) is 9.12. The van der Waals surface area contributed by atoms with E-state index < -0.39 is 11.7 Å². The molecule has 0 spiro atoms. The smallest absolute Gasteiger partial charge is 0.332 e. The van der Waals surface area contributed by atoms with E-state index in [1.807, 2.05) is 19.0 Å². The summed E-state index contributed by atoms with van der Waals surface area (Å²) in [5.41, 5.74) is 2.16. The summed E-state index contributed by atoms with van der Waals surface area (Å²) in [4.78, 5) is 16.7. The second-order valence-electron chi connectivity index (χ2n) is 7.18. The number of hydrogen-bond donors (Lipinski definition) is 2. The number of aromatic amines is 1. The van der Waals surface area contributed by atoms with Crippen LogP contribution >= 0.6 is 12.4 Å². The summed E-state index contributed by atoms with van der Waals surface area (Å²) >= 11 is 0. The molecule has 0 aliphatic carbocycles. The van der Waals surface area contributed by atoms with Crippen molar-refractivity contribution in [3.8, 4) is 0 Å². The third kappa shape index (κ3) is 5.71. The molecule has 1 amide bonds. The number of hydrogen-bond acceptors (Lipinski definition) is 4. The lowest BCUT2D eigenvalue weighted by molar-refractivity contribution is -0.137. The molecule has 0 atom stereocenters. The Bertz CT molecular complexity index is 820. The minimum atomic E-state index is -4.37. The molecule has 2 aromatic rings. The lowest BCUT2D eigenvalue weighted by atomic mass is 10.1. The number of likely N-dealkylation sites (N-methyl/N-ethyl adjacent to an activating group) is 1. The van der Waals surface area contributed by atoms with Gasteiger partial charge in [-0.25, -0.2) is 0 Å². The fraction of sp³-hybridized carbons (Fsp3) is 0.474. The Kier molecular flexibility index (Phi) is 7.67. The first kappa shape index (κ1) is 23.2. The van der Waals surface area contributed by atoms with Gasteiger partial charge < -0.3 is 15.1 Å². The van der Waals surface area contributed by atoms with E-state index in [0.29, 0.717) is 30.9 Å². The molecule has 0 unspecified atom stereocenters. The largest absolute Gasteiger partial charge is 0.416 e. The quantitative estimate of drug-likeness (QED) is 0.738. The summed E-state index contributed by atoms with van der Waals surface area (Å²) < 4.78 is 38.3. The number of H-pyrrole nitrogens is 1. The zero-order valence-electron chi connectivity index (χ0n) is 16.3. The van der Waals surface area contributed by atoms with E-state index in [9.17, 15) is 18.0 Å². The lowest BCUT2D eigenvalue weighted by Crippen LogP contribution is -2.37. The van der Waals surface area contributed by atoms with E-state index in [1.165, 1.54) is 12.1 Å². The molecule has 10 heteroatoms. The van der Waals surface area contributed by atoms with Crippen LogP contribution in [0.15, 0.2) is 24.3 Å². The number of fused-ring (bicyclic) bond motifs is 1. The second kappa shape index (κ2) is 9.60. The van der Waals surface area contributed by atoms with Crippen molar-refractivity contribution in [2.45, 2.75) is 25.7 Å². The molecule has 6 nitrogen and oxygen atoms in total. The Morgan fingerprint density at radius 2 is 1.86 bits per heavy atom. The number of nitrogens with one attached hydrogen (secondary N) is 2. The van der Waals surface area contributed by atoms with Crippen LogP contribution in [0, 0.1) is 0 Å². The molecule has 1 aliphatic rings. The number of alkyl halides is 3. The topological polar surface area (TPSA) is 64.3 Å². The maximum Gasteiger partial charge on any atom is 0.416 e. The summed E-state index contributed by atoms with van der Waals surface area (Å²) in [5.74, 6) is -0.219. The molecule has 0 fully saturated rings. The van der Waals surface area contributed by atoms with Gasteiger partial charge in [-0.15, -0.1) is 12.4 Å². The molecule has 1 aromatic carbocycles. The lowest BCUT2D eigenvalue weighted by Gasteiger charge is -2.25. The van der Waals surface area contributed by atoms with Crippen LogP contribution in [0.5, 0.6) is 0 Å². The first-order chi connectivity index (χ1) is 13.3. The molecule has 0 saturated heterocycles. The summed E-state index contributed by atoms with van der Waals surface area (Å²) in [6.07, 6.45) is -3.59. The highest BCUT2D eigenvalue weighted by Crippen LogP contribution is 2.29. The molecule has 2 heterocycles. The third-order valence-corrected chi connectivity index (χ3v) is 4.77. The van der Waals surface area contributed by atoms with Crippen molar-refractivity contribution >= 4 is 18.3 Å². The molecule has 0 bridgehead atoms. The van der Waals surface area contributed by atoms with Gasteiger partial charge >= 0.3 is 6.18 Å². The van der Waals surface area contributed by atoms with Crippen LogP contribution in [0.4, 0.5) is 13.2 Å². The average Bonchev–Trinajstić information content (AvgIpc) is 3.08. The molecule has 3 rings (SSSR count). The fourth-order valence-electron chi connectivity index (χ4n) is 3.14. The fourth-order valence-corrected chi connectivity index (χ4v) is 3.14. The van der Waals surface area contributed by atoms with Gasteiger partial charge in [0.25, 0.3) is 5.91 Å². The molecule has 1 aliphatic heterocycles. The van der Waals surface area contributed by atoms with Gasteiger partial charge in [-0.2, -0.15) is 18.3 Å². The van der Waals surface area contributed by atoms with Crippen LogP contribution in [0.25, 0.3) is 0 Å². The number of amides is 1. The van der Waals surface area contributed by atoms with Gasteiger partial charge in [-0.05, 0) is 31.8 Å². The van der Waals surface area contributed by atoms with Crippen molar-refractivity contribution in [3.05, 3.63) is 52.3 Å². The summed E-state index contributed by atoms with van der Waals surface area (Å²) in [6, 6.07) is 4.93. The van der Waals surface area contributed by atoms with E-state index >= 15 is 0 Å². The van der Waals surface area contributed by atoms with Crippen molar-refractivity contribution in [2.24, 2.45) is 0 Å². The van der Waals surface area contributed by atoms with Crippen LogP contribution < -0.4 is 5.32 Å². The van der Waals surface area contributed by atoms with Gasteiger partial charge in [0.15, 0.2) is 5.69 Å². The maximum atomic E-state index is 13.1. The monoisotopic (exact) mass is 431 g/mol. The van der Waals surface area contributed by atoms with Gasteiger partial charge in [-0.1, -0.05) is 12.1 Å². The molecular weight excluding hydrogens is 407 g/mol. The molecule has 0 radical (unpaired) electrons. The van der Waals surface area contributed by atoms with Crippen LogP contribution in [-0.2, 0) is 25.7 Å². The number of aromatic nitrogens is 2. The summed E-state index contributed by atoms with van der Waals surface area (Å²) in [6.45, 7) is 2.71. The number of carbonyl (C=O) groups excluding carboxylic acids is 1. The standard InChI is InChI=1S/C19H24F3N5O.ClH/c1-26(2)9-10-27(12-13-3-5-14(6-4-13)19(20,21)22)18(28)17-15-11-23-8-7-16(15)24-25-17;/h3-6,23H,7-12H2,1-2H3,(H,24,25);1H. The van der Waals surface area contributed by atoms with E-state index in [1.54, 1.807) is 4.90 Å².